The van der Waals surface area contributed by atoms with E-state index in [-0.39, 0.29) is 13.0 Å². The first kappa shape index (κ1) is 33.4. The van der Waals surface area contributed by atoms with Crippen molar-refractivity contribution >= 4 is 5.97 Å². The van der Waals surface area contributed by atoms with E-state index in [2.05, 4.69) is 0 Å². The number of rotatable bonds is 29. The first-order valence-corrected chi connectivity index (χ1v) is 12.7. The van der Waals surface area contributed by atoms with E-state index in [4.69, 9.17) is 47.7 Å². The quantitative estimate of drug-likeness (QED) is 0.152. The Morgan fingerprint density at radius 2 is 0.757 bits per heavy atom. The van der Waals surface area contributed by atoms with E-state index < -0.39 is 5.97 Å². The number of aliphatic carboxylic acids is 1. The summed E-state index contributed by atoms with van der Waals surface area (Å²) in [6.07, 6.45) is 0.00221. The van der Waals surface area contributed by atoms with Gasteiger partial charge in [0.2, 0.25) is 0 Å². The Morgan fingerprint density at radius 3 is 1.08 bits per heavy atom. The number of benzene rings is 1. The minimum Gasteiger partial charge on any atom is -0.481 e. The van der Waals surface area contributed by atoms with Crippen molar-refractivity contribution in [3.63, 3.8) is 0 Å². The second-order valence-corrected chi connectivity index (χ2v) is 7.58. The van der Waals surface area contributed by atoms with E-state index in [1.54, 1.807) is 0 Å². The number of carboxylic acid groups (broad SMARTS) is 1. The Balaban J connectivity index is 1.63. The van der Waals surface area contributed by atoms with Crippen LogP contribution in [0.5, 0.6) is 0 Å². The van der Waals surface area contributed by atoms with Gasteiger partial charge in [-0.05, 0) is 5.56 Å². The third kappa shape index (κ3) is 25.7. The molecule has 0 unspecified atom stereocenters. The molecule has 0 aliphatic heterocycles. The van der Waals surface area contributed by atoms with Gasteiger partial charge in [-0.3, -0.25) is 4.79 Å². The minimum atomic E-state index is -0.871. The smallest absolute Gasteiger partial charge is 0.305 e. The number of hydrogen-bond acceptors (Lipinski definition) is 10. The molecule has 0 aliphatic rings. The van der Waals surface area contributed by atoms with Crippen LogP contribution in [-0.2, 0) is 54.0 Å². The highest BCUT2D eigenvalue weighted by atomic mass is 16.6. The predicted octanol–water partition coefficient (Wildman–Crippen LogP) is 1.81. The lowest BCUT2D eigenvalue weighted by Gasteiger charge is -2.09. The summed E-state index contributed by atoms with van der Waals surface area (Å²) in [4.78, 5) is 10.3. The summed E-state index contributed by atoms with van der Waals surface area (Å²) in [5, 5.41) is 8.47. The Morgan fingerprint density at radius 1 is 0.459 bits per heavy atom. The van der Waals surface area contributed by atoms with E-state index in [1.807, 2.05) is 30.3 Å². The Kier molecular flexibility index (Phi) is 24.7. The molecule has 11 heteroatoms. The monoisotopic (exact) mass is 532 g/mol. The molecule has 0 radical (unpaired) electrons. The van der Waals surface area contributed by atoms with Gasteiger partial charge < -0.3 is 47.7 Å². The van der Waals surface area contributed by atoms with Gasteiger partial charge in [0.05, 0.1) is 125 Å². The van der Waals surface area contributed by atoms with Crippen LogP contribution in [0.25, 0.3) is 0 Å². The Bertz CT molecular complexity index is 603. The van der Waals surface area contributed by atoms with Crippen LogP contribution in [0, 0.1) is 0 Å². The number of carbonyl (C=O) groups is 1. The van der Waals surface area contributed by atoms with Crippen LogP contribution in [0.15, 0.2) is 30.3 Å². The van der Waals surface area contributed by atoms with Gasteiger partial charge in [0.25, 0.3) is 0 Å². The summed E-state index contributed by atoms with van der Waals surface area (Å²) >= 11 is 0. The second kappa shape index (κ2) is 27.4. The first-order valence-electron chi connectivity index (χ1n) is 12.7. The summed E-state index contributed by atoms with van der Waals surface area (Å²) < 4.78 is 48.6. The first-order chi connectivity index (χ1) is 18.3. The Labute approximate surface area is 220 Å². The largest absolute Gasteiger partial charge is 0.481 e. The molecule has 1 rings (SSSR count). The van der Waals surface area contributed by atoms with Crippen LogP contribution in [-0.4, -0.2) is 123 Å². The maximum atomic E-state index is 10.3. The molecule has 1 N–H and O–H groups in total. The lowest BCUT2D eigenvalue weighted by atomic mass is 10.2. The van der Waals surface area contributed by atoms with Gasteiger partial charge in [0.15, 0.2) is 0 Å². The van der Waals surface area contributed by atoms with Crippen LogP contribution < -0.4 is 0 Å². The molecule has 11 nitrogen and oxygen atoms in total. The molecule has 0 saturated heterocycles. The average Bonchev–Trinajstić information content (AvgIpc) is 2.90. The van der Waals surface area contributed by atoms with Crippen molar-refractivity contribution in [2.45, 2.75) is 13.0 Å². The number of ether oxygens (including phenoxy) is 9. The minimum absolute atomic E-state index is 0.00221. The molecule has 0 aromatic heterocycles. The van der Waals surface area contributed by atoms with Crippen molar-refractivity contribution in [1.29, 1.82) is 0 Å². The molecule has 0 spiro atoms. The normalized spacial score (nSPS) is 11.2. The molecule has 1 aromatic rings. The third-order valence-corrected chi connectivity index (χ3v) is 4.55. The lowest BCUT2D eigenvalue weighted by molar-refractivity contribution is -0.138. The van der Waals surface area contributed by atoms with Gasteiger partial charge >= 0.3 is 5.97 Å². The van der Waals surface area contributed by atoms with Crippen molar-refractivity contribution in [2.24, 2.45) is 0 Å². The van der Waals surface area contributed by atoms with E-state index in [1.165, 1.54) is 0 Å². The van der Waals surface area contributed by atoms with E-state index >= 15 is 0 Å². The fraction of sp³-hybridized carbons (Fsp3) is 0.731. The van der Waals surface area contributed by atoms with Crippen LogP contribution in [0.1, 0.15) is 12.0 Å². The molecule has 214 valence electrons. The summed E-state index contributed by atoms with van der Waals surface area (Å²) in [6.45, 7) is 8.66. The molecule has 0 bridgehead atoms. The number of hydrogen-bond donors (Lipinski definition) is 1. The SMILES string of the molecule is O=C(O)CCOCCOCCOCCOCCOCCOCCOCCOCCOCc1ccccc1. The van der Waals surface area contributed by atoms with Crippen molar-refractivity contribution in [3.05, 3.63) is 35.9 Å². The topological polar surface area (TPSA) is 120 Å². The van der Waals surface area contributed by atoms with Crippen molar-refractivity contribution in [2.75, 3.05) is 112 Å². The van der Waals surface area contributed by atoms with Gasteiger partial charge in [0, 0.05) is 0 Å². The summed E-state index contributed by atoms with van der Waals surface area (Å²) in [5.41, 5.74) is 1.15. The average molecular weight is 533 g/mol. The van der Waals surface area contributed by atoms with Crippen LogP contribution in [0.2, 0.25) is 0 Å². The predicted molar refractivity (Wildman–Crippen MR) is 135 cm³/mol. The highest BCUT2D eigenvalue weighted by Gasteiger charge is 1.97. The zero-order valence-electron chi connectivity index (χ0n) is 21.9. The standard InChI is InChI=1S/C26H44O11/c27-26(28)6-7-29-8-9-30-10-11-31-12-13-32-14-15-33-16-17-34-18-19-35-20-21-36-22-23-37-24-25-4-2-1-3-5-25/h1-5H,6-24H2,(H,27,28). The summed E-state index contributed by atoms with van der Waals surface area (Å²) in [6, 6.07) is 10.0. The van der Waals surface area contributed by atoms with Crippen molar-refractivity contribution < 1.29 is 52.5 Å². The molecule has 0 fully saturated rings. The van der Waals surface area contributed by atoms with Crippen LogP contribution in [0.4, 0.5) is 0 Å². The summed E-state index contributed by atoms with van der Waals surface area (Å²) in [7, 11) is 0. The van der Waals surface area contributed by atoms with Gasteiger partial charge in [-0.15, -0.1) is 0 Å². The second-order valence-electron chi connectivity index (χ2n) is 7.58. The number of carboxylic acids is 1. The maximum Gasteiger partial charge on any atom is 0.305 e. The zero-order chi connectivity index (χ0) is 26.5. The maximum absolute atomic E-state index is 10.3. The highest BCUT2D eigenvalue weighted by molar-refractivity contribution is 5.66. The van der Waals surface area contributed by atoms with E-state index in [9.17, 15) is 4.79 Å². The molecule has 37 heavy (non-hydrogen) atoms. The van der Waals surface area contributed by atoms with Gasteiger partial charge in [-0.2, -0.15) is 0 Å². The van der Waals surface area contributed by atoms with Crippen LogP contribution >= 0.6 is 0 Å². The fourth-order valence-electron chi connectivity index (χ4n) is 2.68. The lowest BCUT2D eigenvalue weighted by Crippen LogP contribution is -2.15. The third-order valence-electron chi connectivity index (χ3n) is 4.55. The molecular formula is C26H44O11. The molecule has 0 amide bonds. The van der Waals surface area contributed by atoms with E-state index in [0.717, 1.165) is 5.56 Å². The highest BCUT2D eigenvalue weighted by Crippen LogP contribution is 2.00. The van der Waals surface area contributed by atoms with Gasteiger partial charge in [-0.25, -0.2) is 0 Å². The molecule has 0 saturated carbocycles. The summed E-state index contributed by atoms with van der Waals surface area (Å²) in [5.74, 6) is -0.871. The molecule has 0 heterocycles. The molecule has 1 aromatic carbocycles. The molecular weight excluding hydrogens is 488 g/mol. The van der Waals surface area contributed by atoms with Crippen molar-refractivity contribution in [3.8, 4) is 0 Å². The zero-order valence-corrected chi connectivity index (χ0v) is 21.9. The van der Waals surface area contributed by atoms with Gasteiger partial charge in [-0.1, -0.05) is 30.3 Å². The fourth-order valence-corrected chi connectivity index (χ4v) is 2.68. The molecule has 0 atom stereocenters. The van der Waals surface area contributed by atoms with Gasteiger partial charge in [0.1, 0.15) is 0 Å². The van der Waals surface area contributed by atoms with E-state index in [0.29, 0.717) is 112 Å². The van der Waals surface area contributed by atoms with Crippen molar-refractivity contribution in [1.82, 2.24) is 0 Å². The van der Waals surface area contributed by atoms with Crippen LogP contribution in [0.3, 0.4) is 0 Å². The Hall–Kier alpha value is -1.67. The molecule has 0 aliphatic carbocycles.